The van der Waals surface area contributed by atoms with Crippen molar-refractivity contribution in [1.29, 1.82) is 0 Å². The summed E-state index contributed by atoms with van der Waals surface area (Å²) < 4.78 is 10.1. The van der Waals surface area contributed by atoms with E-state index in [0.717, 1.165) is 42.7 Å². The molecule has 0 spiro atoms. The van der Waals surface area contributed by atoms with Gasteiger partial charge in [0.15, 0.2) is 5.13 Å². The molecular formula is C21H23N3O4S. The summed E-state index contributed by atoms with van der Waals surface area (Å²) in [6.45, 7) is 0. The molecule has 0 aliphatic rings. The Morgan fingerprint density at radius 3 is 2.55 bits per heavy atom. The molecule has 0 unspecified atom stereocenters. The molecule has 8 heteroatoms. The number of anilines is 1. The number of hydrogen-bond acceptors (Lipinski definition) is 7. The van der Waals surface area contributed by atoms with E-state index in [0.29, 0.717) is 18.0 Å². The fourth-order valence-electron chi connectivity index (χ4n) is 2.80. The fourth-order valence-corrected chi connectivity index (χ4v) is 3.54. The van der Waals surface area contributed by atoms with Crippen molar-refractivity contribution in [1.82, 2.24) is 9.97 Å². The molecule has 7 nitrogen and oxygen atoms in total. The van der Waals surface area contributed by atoms with Crippen LogP contribution in [0.3, 0.4) is 0 Å². The number of methoxy groups -OCH3 is 1. The Kier molecular flexibility index (Phi) is 7.52. The van der Waals surface area contributed by atoms with Gasteiger partial charge in [-0.2, -0.15) is 0 Å². The van der Waals surface area contributed by atoms with Crippen LogP contribution < -0.4 is 10.1 Å². The van der Waals surface area contributed by atoms with Gasteiger partial charge in [0.2, 0.25) is 11.7 Å². The van der Waals surface area contributed by atoms with Crippen molar-refractivity contribution in [2.75, 3.05) is 12.4 Å². The average molecular weight is 413 g/mol. The van der Waals surface area contributed by atoms with Crippen molar-refractivity contribution in [3.63, 3.8) is 0 Å². The highest BCUT2D eigenvalue weighted by molar-refractivity contribution is 7.14. The predicted octanol–water partition coefficient (Wildman–Crippen LogP) is 4.97. The minimum Gasteiger partial charge on any atom is -0.497 e. The molecule has 0 saturated carbocycles. The number of ether oxygens (including phenoxy) is 1. The predicted molar refractivity (Wildman–Crippen MR) is 111 cm³/mol. The summed E-state index contributed by atoms with van der Waals surface area (Å²) in [6.07, 6.45) is 7.03. The van der Waals surface area contributed by atoms with Gasteiger partial charge in [0.1, 0.15) is 12.0 Å². The molecule has 1 amide bonds. The number of amides is 1. The fraction of sp³-hybridized carbons (Fsp3) is 0.333. The molecule has 2 aromatic heterocycles. The van der Waals surface area contributed by atoms with Crippen LogP contribution in [0.2, 0.25) is 0 Å². The number of unbranched alkanes of at least 4 members (excludes halogenated alkanes) is 3. The lowest BCUT2D eigenvalue weighted by atomic mass is 10.1. The number of carbonyl (C=O) groups is 2. The van der Waals surface area contributed by atoms with Crippen molar-refractivity contribution in [2.24, 2.45) is 0 Å². The van der Waals surface area contributed by atoms with Crippen LogP contribution >= 0.6 is 11.3 Å². The minimum absolute atomic E-state index is 0.0449. The smallest absolute Gasteiger partial charge is 0.263 e. The zero-order valence-corrected chi connectivity index (χ0v) is 17.0. The molecule has 0 bridgehead atoms. The van der Waals surface area contributed by atoms with Gasteiger partial charge in [-0.15, -0.1) is 11.3 Å². The largest absolute Gasteiger partial charge is 0.497 e. The van der Waals surface area contributed by atoms with Crippen LogP contribution in [0, 0.1) is 0 Å². The quantitative estimate of drug-likeness (QED) is 0.352. The first-order chi connectivity index (χ1) is 14.2. The molecule has 2 heterocycles. The van der Waals surface area contributed by atoms with Crippen molar-refractivity contribution in [3.8, 4) is 17.0 Å². The summed E-state index contributed by atoms with van der Waals surface area (Å²) in [6, 6.07) is 7.63. The SMILES string of the molecule is COc1ccc(-c2csc(NC(=O)CCCCCCC(=O)c3ncco3)n2)cc1. The van der Waals surface area contributed by atoms with Crippen LogP contribution in [0.4, 0.5) is 5.13 Å². The number of nitrogens with zero attached hydrogens (tertiary/aromatic N) is 2. The highest BCUT2D eigenvalue weighted by atomic mass is 32.1. The number of nitrogens with one attached hydrogen (secondary N) is 1. The Morgan fingerprint density at radius 2 is 1.86 bits per heavy atom. The molecule has 0 atom stereocenters. The molecule has 0 fully saturated rings. The highest BCUT2D eigenvalue weighted by Gasteiger charge is 2.10. The molecule has 0 aliphatic carbocycles. The van der Waals surface area contributed by atoms with Gasteiger partial charge in [-0.05, 0) is 37.1 Å². The van der Waals surface area contributed by atoms with Crippen LogP contribution in [0.15, 0.2) is 46.5 Å². The van der Waals surface area contributed by atoms with E-state index in [1.807, 2.05) is 29.6 Å². The average Bonchev–Trinajstić information content (AvgIpc) is 3.43. The third kappa shape index (κ3) is 6.25. The topological polar surface area (TPSA) is 94.3 Å². The summed E-state index contributed by atoms with van der Waals surface area (Å²) in [5, 5.41) is 5.37. The summed E-state index contributed by atoms with van der Waals surface area (Å²) in [5.74, 6) is 0.835. The van der Waals surface area contributed by atoms with E-state index >= 15 is 0 Å². The highest BCUT2D eigenvalue weighted by Crippen LogP contribution is 2.26. The standard InChI is InChI=1S/C21H23N3O4S/c1-27-16-10-8-15(9-11-16)17-14-29-21(23-17)24-19(26)7-5-3-2-4-6-18(25)20-22-12-13-28-20/h8-14H,2-7H2,1H3,(H,23,24,26). The number of thiazole rings is 1. The molecule has 3 aromatic rings. The van der Waals surface area contributed by atoms with Gasteiger partial charge in [-0.1, -0.05) is 12.8 Å². The van der Waals surface area contributed by atoms with E-state index < -0.39 is 0 Å². The summed E-state index contributed by atoms with van der Waals surface area (Å²) in [4.78, 5) is 32.2. The summed E-state index contributed by atoms with van der Waals surface area (Å²) in [7, 11) is 1.63. The number of rotatable bonds is 11. The Morgan fingerprint density at radius 1 is 1.10 bits per heavy atom. The monoisotopic (exact) mass is 413 g/mol. The maximum atomic E-state index is 12.1. The number of hydrogen-bond donors (Lipinski definition) is 1. The van der Waals surface area contributed by atoms with Gasteiger partial charge in [0.05, 0.1) is 19.0 Å². The Hall–Kier alpha value is -3.00. The maximum absolute atomic E-state index is 12.1. The lowest BCUT2D eigenvalue weighted by molar-refractivity contribution is -0.116. The van der Waals surface area contributed by atoms with E-state index in [2.05, 4.69) is 15.3 Å². The van der Waals surface area contributed by atoms with E-state index in [1.54, 1.807) is 7.11 Å². The summed E-state index contributed by atoms with van der Waals surface area (Å²) >= 11 is 1.41. The van der Waals surface area contributed by atoms with Crippen molar-refractivity contribution in [3.05, 3.63) is 48.0 Å². The molecule has 0 radical (unpaired) electrons. The number of carbonyl (C=O) groups excluding carboxylic acids is 2. The second-order valence-corrected chi connectivity index (χ2v) is 7.35. The number of Topliss-reactive ketones (excluding diaryl/α,β-unsaturated/α-hetero) is 1. The third-order valence-electron chi connectivity index (χ3n) is 4.36. The van der Waals surface area contributed by atoms with Crippen molar-refractivity contribution >= 4 is 28.2 Å². The molecule has 1 aromatic carbocycles. The lowest BCUT2D eigenvalue weighted by Gasteiger charge is -2.02. The van der Waals surface area contributed by atoms with E-state index in [9.17, 15) is 9.59 Å². The molecule has 0 aliphatic heterocycles. The van der Waals surface area contributed by atoms with Gasteiger partial charge in [0, 0.05) is 23.8 Å². The van der Waals surface area contributed by atoms with Crippen LogP contribution in [0.5, 0.6) is 5.75 Å². The Labute approximate surface area is 173 Å². The number of benzene rings is 1. The maximum Gasteiger partial charge on any atom is 0.263 e. The number of oxazole rings is 1. The zero-order valence-electron chi connectivity index (χ0n) is 16.2. The molecule has 3 rings (SSSR count). The molecule has 29 heavy (non-hydrogen) atoms. The first-order valence-electron chi connectivity index (χ1n) is 9.48. The van der Waals surface area contributed by atoms with Crippen LogP contribution in [0.1, 0.15) is 49.2 Å². The van der Waals surface area contributed by atoms with Gasteiger partial charge < -0.3 is 14.5 Å². The van der Waals surface area contributed by atoms with E-state index in [1.165, 1.54) is 23.8 Å². The lowest BCUT2D eigenvalue weighted by Crippen LogP contribution is -2.10. The Balaban J connectivity index is 1.33. The van der Waals surface area contributed by atoms with Gasteiger partial charge in [-0.25, -0.2) is 9.97 Å². The molecule has 0 saturated heterocycles. The van der Waals surface area contributed by atoms with Crippen molar-refractivity contribution < 1.29 is 18.7 Å². The summed E-state index contributed by atoms with van der Waals surface area (Å²) in [5.41, 5.74) is 1.80. The normalized spacial score (nSPS) is 10.7. The molecule has 152 valence electrons. The van der Waals surface area contributed by atoms with Gasteiger partial charge in [-0.3, -0.25) is 9.59 Å². The first kappa shape index (κ1) is 20.7. The van der Waals surface area contributed by atoms with Gasteiger partial charge in [0.25, 0.3) is 5.89 Å². The van der Waals surface area contributed by atoms with E-state index in [-0.39, 0.29) is 17.6 Å². The van der Waals surface area contributed by atoms with Crippen LogP contribution in [-0.2, 0) is 4.79 Å². The van der Waals surface area contributed by atoms with E-state index in [4.69, 9.17) is 9.15 Å². The minimum atomic E-state index is -0.0795. The van der Waals surface area contributed by atoms with Gasteiger partial charge >= 0.3 is 0 Å². The Bertz CT molecular complexity index is 920. The second-order valence-electron chi connectivity index (χ2n) is 6.49. The third-order valence-corrected chi connectivity index (χ3v) is 5.12. The first-order valence-corrected chi connectivity index (χ1v) is 10.4. The van der Waals surface area contributed by atoms with Crippen LogP contribution in [0.25, 0.3) is 11.3 Å². The molecule has 1 N–H and O–H groups in total. The zero-order chi connectivity index (χ0) is 20.5. The van der Waals surface area contributed by atoms with Crippen LogP contribution in [-0.4, -0.2) is 28.8 Å². The second kappa shape index (κ2) is 10.5. The number of ketones is 1. The van der Waals surface area contributed by atoms with Crippen molar-refractivity contribution in [2.45, 2.75) is 38.5 Å². The molecular weight excluding hydrogens is 390 g/mol. The number of aromatic nitrogens is 2.